The van der Waals surface area contributed by atoms with Crippen LogP contribution in [0, 0.1) is 9.39 Å². The van der Waals surface area contributed by atoms with E-state index in [1.807, 2.05) is 28.7 Å². The number of esters is 1. The van der Waals surface area contributed by atoms with Gasteiger partial charge in [0.05, 0.1) is 23.9 Å². The SMILES string of the molecule is COC(=O)c1cc(F)ccc1NC(=O)c1ccccc1I. The molecule has 2 rings (SSSR count). The van der Waals surface area contributed by atoms with Crippen LogP contribution < -0.4 is 5.32 Å². The summed E-state index contributed by atoms with van der Waals surface area (Å²) < 4.78 is 18.6. The predicted octanol–water partition coefficient (Wildman–Crippen LogP) is 3.47. The number of carbonyl (C=O) groups excluding carboxylic acids is 2. The Bertz CT molecular complexity index is 703. The predicted molar refractivity (Wildman–Crippen MR) is 84.9 cm³/mol. The van der Waals surface area contributed by atoms with Gasteiger partial charge in [0.25, 0.3) is 5.91 Å². The fraction of sp³-hybridized carbons (Fsp3) is 0.0667. The van der Waals surface area contributed by atoms with E-state index in [9.17, 15) is 14.0 Å². The molecule has 0 aliphatic rings. The molecule has 2 aromatic carbocycles. The molecule has 0 saturated carbocycles. The zero-order valence-corrected chi connectivity index (χ0v) is 13.2. The molecule has 2 aromatic rings. The Morgan fingerprint density at radius 2 is 1.86 bits per heavy atom. The number of halogens is 2. The summed E-state index contributed by atoms with van der Waals surface area (Å²) in [5.74, 6) is -1.67. The quantitative estimate of drug-likeness (QED) is 0.636. The molecule has 1 amide bonds. The van der Waals surface area contributed by atoms with Gasteiger partial charge in [0.2, 0.25) is 0 Å². The molecule has 0 fully saturated rings. The minimum Gasteiger partial charge on any atom is -0.465 e. The van der Waals surface area contributed by atoms with Crippen LogP contribution in [0.1, 0.15) is 20.7 Å². The highest BCUT2D eigenvalue weighted by Gasteiger charge is 2.16. The number of amides is 1. The number of hydrogen-bond donors (Lipinski definition) is 1. The maximum atomic E-state index is 13.2. The molecule has 0 unspecified atom stereocenters. The Morgan fingerprint density at radius 1 is 1.14 bits per heavy atom. The van der Waals surface area contributed by atoms with Crippen LogP contribution in [0.15, 0.2) is 42.5 Å². The van der Waals surface area contributed by atoms with Gasteiger partial charge < -0.3 is 10.1 Å². The third kappa shape index (κ3) is 3.57. The van der Waals surface area contributed by atoms with Crippen molar-refractivity contribution in [2.75, 3.05) is 12.4 Å². The lowest BCUT2D eigenvalue weighted by atomic mass is 10.1. The number of methoxy groups -OCH3 is 1. The summed E-state index contributed by atoms with van der Waals surface area (Å²) in [5.41, 5.74) is 0.642. The van der Waals surface area contributed by atoms with Crippen molar-refractivity contribution in [2.45, 2.75) is 0 Å². The topological polar surface area (TPSA) is 55.4 Å². The van der Waals surface area contributed by atoms with Gasteiger partial charge in [-0.2, -0.15) is 0 Å². The molecule has 0 aromatic heterocycles. The highest BCUT2D eigenvalue weighted by Crippen LogP contribution is 2.20. The van der Waals surface area contributed by atoms with Gasteiger partial charge in [0.1, 0.15) is 5.82 Å². The lowest BCUT2D eigenvalue weighted by molar-refractivity contribution is 0.0601. The minimum atomic E-state index is -0.715. The molecule has 108 valence electrons. The van der Waals surface area contributed by atoms with Crippen molar-refractivity contribution in [1.82, 2.24) is 0 Å². The zero-order valence-electron chi connectivity index (χ0n) is 11.0. The van der Waals surface area contributed by atoms with Gasteiger partial charge in [-0.3, -0.25) is 4.79 Å². The molecule has 0 spiro atoms. The fourth-order valence-electron chi connectivity index (χ4n) is 1.74. The lowest BCUT2D eigenvalue weighted by Gasteiger charge is -2.10. The maximum absolute atomic E-state index is 13.2. The molecule has 1 N–H and O–H groups in total. The van der Waals surface area contributed by atoms with Crippen LogP contribution in [0.5, 0.6) is 0 Å². The molecule has 0 aliphatic carbocycles. The van der Waals surface area contributed by atoms with Crippen molar-refractivity contribution in [3.63, 3.8) is 0 Å². The maximum Gasteiger partial charge on any atom is 0.340 e. The monoisotopic (exact) mass is 399 g/mol. The first-order valence-electron chi connectivity index (χ1n) is 5.96. The molecule has 0 heterocycles. The zero-order chi connectivity index (χ0) is 15.4. The highest BCUT2D eigenvalue weighted by atomic mass is 127. The number of carbonyl (C=O) groups is 2. The summed E-state index contributed by atoms with van der Waals surface area (Å²) in [6.45, 7) is 0. The van der Waals surface area contributed by atoms with Gasteiger partial charge in [-0.25, -0.2) is 9.18 Å². The second-order valence-electron chi connectivity index (χ2n) is 4.12. The first-order valence-corrected chi connectivity index (χ1v) is 7.04. The van der Waals surface area contributed by atoms with Crippen LogP contribution in [0.4, 0.5) is 10.1 Å². The molecule has 0 saturated heterocycles. The second-order valence-corrected chi connectivity index (χ2v) is 5.28. The first kappa shape index (κ1) is 15.4. The van der Waals surface area contributed by atoms with Gasteiger partial charge in [-0.15, -0.1) is 0 Å². The van der Waals surface area contributed by atoms with Crippen LogP contribution in [-0.2, 0) is 4.74 Å². The van der Waals surface area contributed by atoms with Gasteiger partial charge in [-0.05, 0) is 52.9 Å². The van der Waals surface area contributed by atoms with Crippen molar-refractivity contribution in [1.29, 1.82) is 0 Å². The van der Waals surface area contributed by atoms with Gasteiger partial charge >= 0.3 is 5.97 Å². The molecule has 21 heavy (non-hydrogen) atoms. The van der Waals surface area contributed by atoms with E-state index in [0.717, 1.165) is 15.7 Å². The van der Waals surface area contributed by atoms with E-state index in [1.165, 1.54) is 13.2 Å². The Balaban J connectivity index is 2.34. The Morgan fingerprint density at radius 3 is 2.52 bits per heavy atom. The summed E-state index contributed by atoms with van der Waals surface area (Å²) in [5, 5.41) is 2.60. The number of hydrogen-bond acceptors (Lipinski definition) is 3. The minimum absolute atomic E-state index is 0.0308. The standard InChI is InChI=1S/C15H11FINO3/c1-21-15(20)11-8-9(16)6-7-13(11)18-14(19)10-4-2-3-5-12(10)17/h2-8H,1H3,(H,18,19). The summed E-state index contributed by atoms with van der Waals surface area (Å²) in [6.07, 6.45) is 0. The average molecular weight is 399 g/mol. The fourth-order valence-corrected chi connectivity index (χ4v) is 2.37. The molecule has 4 nitrogen and oxygen atoms in total. The van der Waals surface area contributed by atoms with Gasteiger partial charge in [-0.1, -0.05) is 12.1 Å². The van der Waals surface area contributed by atoms with Gasteiger partial charge in [0, 0.05) is 3.57 Å². The van der Waals surface area contributed by atoms with Crippen molar-refractivity contribution < 1.29 is 18.7 Å². The van der Waals surface area contributed by atoms with Crippen molar-refractivity contribution >= 4 is 40.2 Å². The molecule has 0 aliphatic heterocycles. The molecular weight excluding hydrogens is 388 g/mol. The van der Waals surface area contributed by atoms with E-state index >= 15 is 0 Å². The van der Waals surface area contributed by atoms with Gasteiger partial charge in [0.15, 0.2) is 0 Å². The van der Waals surface area contributed by atoms with Crippen molar-refractivity contribution in [3.05, 3.63) is 63.0 Å². The molecular formula is C15H11FINO3. The van der Waals surface area contributed by atoms with E-state index in [0.29, 0.717) is 5.56 Å². The van der Waals surface area contributed by atoms with E-state index in [4.69, 9.17) is 0 Å². The van der Waals surface area contributed by atoms with Crippen molar-refractivity contribution in [2.24, 2.45) is 0 Å². The number of nitrogens with one attached hydrogen (secondary N) is 1. The molecule has 0 bridgehead atoms. The Kier molecular flexibility index (Phi) is 4.89. The molecule has 0 radical (unpaired) electrons. The Hall–Kier alpha value is -1.96. The Labute approximate surface area is 134 Å². The number of rotatable bonds is 3. The molecule has 0 atom stereocenters. The third-order valence-corrected chi connectivity index (χ3v) is 3.69. The van der Waals surface area contributed by atoms with E-state index in [-0.39, 0.29) is 17.2 Å². The highest BCUT2D eigenvalue weighted by molar-refractivity contribution is 14.1. The van der Waals surface area contributed by atoms with Crippen LogP contribution in [0.2, 0.25) is 0 Å². The van der Waals surface area contributed by atoms with Crippen LogP contribution in [-0.4, -0.2) is 19.0 Å². The number of anilines is 1. The summed E-state index contributed by atoms with van der Waals surface area (Å²) >= 11 is 2.04. The van der Waals surface area contributed by atoms with Crippen molar-refractivity contribution in [3.8, 4) is 0 Å². The van der Waals surface area contributed by atoms with E-state index in [1.54, 1.807) is 18.2 Å². The average Bonchev–Trinajstić information content (AvgIpc) is 2.48. The normalized spacial score (nSPS) is 10.0. The van der Waals surface area contributed by atoms with Crippen LogP contribution in [0.25, 0.3) is 0 Å². The lowest BCUT2D eigenvalue weighted by Crippen LogP contribution is -2.16. The van der Waals surface area contributed by atoms with Crippen LogP contribution >= 0.6 is 22.6 Å². The van der Waals surface area contributed by atoms with E-state index < -0.39 is 11.8 Å². The largest absolute Gasteiger partial charge is 0.465 e. The second kappa shape index (κ2) is 6.66. The molecule has 6 heteroatoms. The van der Waals surface area contributed by atoms with Crippen LogP contribution in [0.3, 0.4) is 0 Å². The summed E-state index contributed by atoms with van der Waals surface area (Å²) in [7, 11) is 1.19. The smallest absolute Gasteiger partial charge is 0.340 e. The summed E-state index contributed by atoms with van der Waals surface area (Å²) in [6, 6.07) is 10.5. The third-order valence-electron chi connectivity index (χ3n) is 2.75. The number of benzene rings is 2. The summed E-state index contributed by atoms with van der Waals surface area (Å²) in [4.78, 5) is 23.9. The number of ether oxygens (including phenoxy) is 1. The van der Waals surface area contributed by atoms with E-state index in [2.05, 4.69) is 10.1 Å². The first-order chi connectivity index (χ1) is 10.0.